The molecule has 0 aromatic heterocycles. The normalized spacial score (nSPS) is 27.8. The Balaban J connectivity index is 4.02. The highest BCUT2D eigenvalue weighted by atomic mass is 16.4. The largest absolute Gasteiger partial charge is 0.480 e. The van der Waals surface area contributed by atoms with E-state index in [1.165, 1.54) is 6.08 Å². The van der Waals surface area contributed by atoms with Gasteiger partial charge in [-0.2, -0.15) is 0 Å². The topological polar surface area (TPSA) is 112 Å². The van der Waals surface area contributed by atoms with E-state index in [2.05, 4.69) is 19.7 Å². The molecule has 0 saturated carbocycles. The molecule has 0 radical (unpaired) electrons. The molecule has 1 rings (SSSR count). The molecule has 0 spiro atoms. The Kier molecular flexibility index (Phi) is 4.03. The first-order chi connectivity index (χ1) is 9.75. The molecule has 110 valence electrons. The molecular formula is C15H14O6. The maximum atomic E-state index is 11.8. The number of carboxylic acids is 3. The summed E-state index contributed by atoms with van der Waals surface area (Å²) in [6, 6.07) is 0. The summed E-state index contributed by atoms with van der Waals surface area (Å²) >= 11 is 0. The van der Waals surface area contributed by atoms with Gasteiger partial charge in [0.25, 0.3) is 0 Å². The molecule has 6 nitrogen and oxygen atoms in total. The third-order valence-electron chi connectivity index (χ3n) is 3.61. The smallest absolute Gasteiger partial charge is 0.333 e. The molecule has 1 aliphatic carbocycles. The molecule has 0 heterocycles. The lowest BCUT2D eigenvalue weighted by atomic mass is 9.56. The van der Waals surface area contributed by atoms with Crippen molar-refractivity contribution >= 4 is 17.9 Å². The molecule has 1 aliphatic rings. The van der Waals surface area contributed by atoms with Crippen LogP contribution in [0.4, 0.5) is 0 Å². The summed E-state index contributed by atoms with van der Waals surface area (Å²) in [4.78, 5) is 35.0. The second kappa shape index (κ2) is 5.24. The molecule has 2 atom stereocenters. The van der Waals surface area contributed by atoms with Crippen LogP contribution in [0.15, 0.2) is 61.3 Å². The molecule has 0 bridgehead atoms. The molecule has 21 heavy (non-hydrogen) atoms. The first-order valence-corrected chi connectivity index (χ1v) is 5.78. The van der Waals surface area contributed by atoms with Gasteiger partial charge in [-0.25, -0.2) is 4.79 Å². The minimum Gasteiger partial charge on any atom is -0.480 e. The minimum atomic E-state index is -2.40. The van der Waals surface area contributed by atoms with Gasteiger partial charge in [-0.1, -0.05) is 37.0 Å². The van der Waals surface area contributed by atoms with Crippen molar-refractivity contribution < 1.29 is 29.7 Å². The molecular weight excluding hydrogens is 276 g/mol. The summed E-state index contributed by atoms with van der Waals surface area (Å²) in [6.45, 7) is 10.1. The highest BCUT2D eigenvalue weighted by Crippen LogP contribution is 2.53. The molecule has 0 aromatic carbocycles. The van der Waals surface area contributed by atoms with Crippen molar-refractivity contribution in [3.05, 3.63) is 61.3 Å². The van der Waals surface area contributed by atoms with E-state index in [1.54, 1.807) is 0 Å². The lowest BCUT2D eigenvalue weighted by molar-refractivity contribution is -0.161. The van der Waals surface area contributed by atoms with E-state index < -0.39 is 34.3 Å². The van der Waals surface area contributed by atoms with E-state index in [-0.39, 0.29) is 5.57 Å². The van der Waals surface area contributed by atoms with Crippen molar-refractivity contribution in [3.63, 3.8) is 0 Å². The fraction of sp³-hybridized carbons (Fsp3) is 0.133. The zero-order valence-corrected chi connectivity index (χ0v) is 11.1. The Hall–Kier alpha value is -2.89. The van der Waals surface area contributed by atoms with E-state index in [1.807, 2.05) is 0 Å². The molecule has 6 heteroatoms. The van der Waals surface area contributed by atoms with Crippen molar-refractivity contribution in [1.82, 2.24) is 0 Å². The number of aliphatic carboxylic acids is 3. The monoisotopic (exact) mass is 290 g/mol. The number of hydrogen-bond acceptors (Lipinski definition) is 3. The quantitative estimate of drug-likeness (QED) is 0.641. The maximum Gasteiger partial charge on any atom is 0.333 e. The summed E-state index contributed by atoms with van der Waals surface area (Å²) < 4.78 is 0. The summed E-state index contributed by atoms with van der Waals surface area (Å²) in [5.41, 5.74) is -5.18. The number of rotatable bonds is 6. The highest BCUT2D eigenvalue weighted by molar-refractivity contribution is 6.05. The summed E-state index contributed by atoms with van der Waals surface area (Å²) in [6.07, 6.45) is 5.14. The number of allylic oxidation sites excluding steroid dienone is 3. The molecule has 0 saturated heterocycles. The zero-order valence-electron chi connectivity index (χ0n) is 11.1. The Morgan fingerprint density at radius 3 is 1.86 bits per heavy atom. The lowest BCUT2D eigenvalue weighted by Gasteiger charge is -2.42. The second-order valence-corrected chi connectivity index (χ2v) is 4.37. The van der Waals surface area contributed by atoms with E-state index in [9.17, 15) is 29.7 Å². The van der Waals surface area contributed by atoms with Crippen LogP contribution in [0.3, 0.4) is 0 Å². The van der Waals surface area contributed by atoms with Crippen LogP contribution in [0.2, 0.25) is 0 Å². The van der Waals surface area contributed by atoms with Gasteiger partial charge < -0.3 is 15.3 Å². The summed E-state index contributed by atoms with van der Waals surface area (Å²) in [5, 5.41) is 28.5. The molecule has 0 amide bonds. The van der Waals surface area contributed by atoms with E-state index >= 15 is 0 Å². The van der Waals surface area contributed by atoms with Crippen molar-refractivity contribution in [3.8, 4) is 0 Å². The third kappa shape index (κ3) is 1.84. The predicted molar refractivity (Wildman–Crippen MR) is 74.5 cm³/mol. The van der Waals surface area contributed by atoms with Crippen molar-refractivity contribution in [2.24, 2.45) is 10.8 Å². The van der Waals surface area contributed by atoms with Gasteiger partial charge in [0.1, 0.15) is 10.8 Å². The molecule has 0 aliphatic heterocycles. The number of hydrogen-bond donors (Lipinski definition) is 3. The highest BCUT2D eigenvalue weighted by Gasteiger charge is 2.62. The summed E-state index contributed by atoms with van der Waals surface area (Å²) in [7, 11) is 0. The third-order valence-corrected chi connectivity index (χ3v) is 3.61. The van der Waals surface area contributed by atoms with Crippen LogP contribution in [0, 0.1) is 10.8 Å². The maximum absolute atomic E-state index is 11.8. The Morgan fingerprint density at radius 2 is 1.57 bits per heavy atom. The van der Waals surface area contributed by atoms with Gasteiger partial charge in [0.15, 0.2) is 0 Å². The SMILES string of the molecule is C=CC1=C(C(=O)O)C(C=C)(C(=O)O)C(C=C)(C(=O)O)C=C1. The van der Waals surface area contributed by atoms with Gasteiger partial charge in [-0.3, -0.25) is 9.59 Å². The van der Waals surface area contributed by atoms with Crippen LogP contribution in [0.25, 0.3) is 0 Å². The van der Waals surface area contributed by atoms with Crippen LogP contribution >= 0.6 is 0 Å². The van der Waals surface area contributed by atoms with Gasteiger partial charge in [0.05, 0.1) is 5.57 Å². The van der Waals surface area contributed by atoms with E-state index in [0.717, 1.165) is 24.3 Å². The van der Waals surface area contributed by atoms with Gasteiger partial charge in [-0.15, -0.1) is 13.2 Å². The summed E-state index contributed by atoms with van der Waals surface area (Å²) in [5.74, 6) is -4.76. The van der Waals surface area contributed by atoms with Crippen LogP contribution in [-0.2, 0) is 14.4 Å². The first kappa shape index (κ1) is 16.2. The van der Waals surface area contributed by atoms with Gasteiger partial charge >= 0.3 is 17.9 Å². The average Bonchev–Trinajstić information content (AvgIpc) is 2.44. The van der Waals surface area contributed by atoms with Crippen molar-refractivity contribution in [2.45, 2.75) is 0 Å². The van der Waals surface area contributed by atoms with Crippen LogP contribution < -0.4 is 0 Å². The van der Waals surface area contributed by atoms with Crippen LogP contribution in [-0.4, -0.2) is 33.2 Å². The molecule has 0 fully saturated rings. The van der Waals surface area contributed by atoms with E-state index in [0.29, 0.717) is 0 Å². The standard InChI is InChI=1S/C15H14O6/c1-4-9-7-8-14(5-2,12(18)19)15(6-3,13(20)21)10(9)11(16)17/h4-8H,1-3H2,(H,16,17)(H,18,19)(H,20,21). The van der Waals surface area contributed by atoms with Crippen molar-refractivity contribution in [2.75, 3.05) is 0 Å². The Labute approximate surface area is 120 Å². The van der Waals surface area contributed by atoms with Gasteiger partial charge in [0.2, 0.25) is 0 Å². The molecule has 0 aromatic rings. The minimum absolute atomic E-state index is 0.00326. The van der Waals surface area contributed by atoms with Crippen molar-refractivity contribution in [1.29, 1.82) is 0 Å². The lowest BCUT2D eigenvalue weighted by Crippen LogP contribution is -2.53. The van der Waals surface area contributed by atoms with Gasteiger partial charge in [0, 0.05) is 0 Å². The van der Waals surface area contributed by atoms with E-state index in [4.69, 9.17) is 0 Å². The van der Waals surface area contributed by atoms with Crippen LogP contribution in [0.5, 0.6) is 0 Å². The van der Waals surface area contributed by atoms with Crippen LogP contribution in [0.1, 0.15) is 0 Å². The predicted octanol–water partition coefficient (Wildman–Crippen LogP) is 1.64. The molecule has 3 N–H and O–H groups in total. The second-order valence-electron chi connectivity index (χ2n) is 4.37. The molecule has 2 unspecified atom stereocenters. The Morgan fingerprint density at radius 1 is 1.00 bits per heavy atom. The first-order valence-electron chi connectivity index (χ1n) is 5.78. The number of carbonyl (C=O) groups is 3. The van der Waals surface area contributed by atoms with Gasteiger partial charge in [-0.05, 0) is 5.57 Å². The average molecular weight is 290 g/mol. The zero-order chi connectivity index (χ0) is 16.4. The fourth-order valence-electron chi connectivity index (χ4n) is 2.53. The Bertz CT molecular complexity index is 624. The fourth-order valence-corrected chi connectivity index (χ4v) is 2.53. The number of carboxylic acid groups (broad SMARTS) is 3.